The van der Waals surface area contributed by atoms with Crippen molar-refractivity contribution >= 4 is 11.8 Å². The molecule has 0 aliphatic carbocycles. The van der Waals surface area contributed by atoms with Gasteiger partial charge in [0.2, 0.25) is 11.8 Å². The molecule has 2 aliphatic rings. The van der Waals surface area contributed by atoms with Crippen molar-refractivity contribution in [2.75, 3.05) is 13.1 Å². The van der Waals surface area contributed by atoms with E-state index in [9.17, 15) is 9.59 Å². The molecule has 1 unspecified atom stereocenters. The monoisotopic (exact) mass is 254 g/mol. The van der Waals surface area contributed by atoms with Gasteiger partial charge in [0.05, 0.1) is 18.2 Å². The number of ether oxygens (including phenoxy) is 1. The van der Waals surface area contributed by atoms with Gasteiger partial charge in [-0.2, -0.15) is 0 Å². The Labute approximate surface area is 108 Å². The zero-order valence-electron chi connectivity index (χ0n) is 11.6. The molecule has 2 amide bonds. The van der Waals surface area contributed by atoms with E-state index in [-0.39, 0.29) is 30.1 Å². The molecule has 0 radical (unpaired) electrons. The highest BCUT2D eigenvalue weighted by Gasteiger charge is 2.44. The smallest absolute Gasteiger partial charge is 0.245 e. The summed E-state index contributed by atoms with van der Waals surface area (Å²) in [7, 11) is 0. The van der Waals surface area contributed by atoms with Gasteiger partial charge in [0, 0.05) is 6.54 Å². The van der Waals surface area contributed by atoms with E-state index in [0.717, 1.165) is 12.8 Å². The van der Waals surface area contributed by atoms with E-state index in [4.69, 9.17) is 4.74 Å². The van der Waals surface area contributed by atoms with Crippen molar-refractivity contribution in [3.05, 3.63) is 0 Å². The van der Waals surface area contributed by atoms with Crippen LogP contribution in [0.15, 0.2) is 0 Å². The Balaban J connectivity index is 2.07. The molecule has 1 N–H and O–H groups in total. The quantitative estimate of drug-likeness (QED) is 0.788. The Hall–Kier alpha value is -1.10. The lowest BCUT2D eigenvalue weighted by Gasteiger charge is -2.42. The number of hydrogen-bond acceptors (Lipinski definition) is 3. The number of piperazine rings is 1. The Bertz CT molecular complexity index is 376. The van der Waals surface area contributed by atoms with Crippen LogP contribution in [0, 0.1) is 0 Å². The molecule has 0 spiro atoms. The summed E-state index contributed by atoms with van der Waals surface area (Å²) in [6.45, 7) is 8.27. The third kappa shape index (κ3) is 2.36. The summed E-state index contributed by atoms with van der Waals surface area (Å²) in [5.41, 5.74) is -0.901. The SMILES string of the molecule is CC1(C)CCC(CN2C(=O)CNC(=O)C2(C)C)O1. The Morgan fingerprint density at radius 1 is 1.33 bits per heavy atom. The molecular formula is C13H22N2O3. The largest absolute Gasteiger partial charge is 0.371 e. The summed E-state index contributed by atoms with van der Waals surface area (Å²) in [5, 5.41) is 2.62. The minimum atomic E-state index is -0.786. The second kappa shape index (κ2) is 4.23. The average Bonchev–Trinajstić information content (AvgIpc) is 2.59. The Morgan fingerprint density at radius 2 is 2.00 bits per heavy atom. The molecule has 0 saturated carbocycles. The molecule has 0 bridgehead atoms. The van der Waals surface area contributed by atoms with Gasteiger partial charge in [-0.3, -0.25) is 9.59 Å². The van der Waals surface area contributed by atoms with Gasteiger partial charge in [0.25, 0.3) is 0 Å². The third-order valence-corrected chi connectivity index (χ3v) is 3.87. The Kier molecular flexibility index (Phi) is 3.13. The average molecular weight is 254 g/mol. The second-order valence-corrected chi connectivity index (χ2v) is 6.28. The lowest BCUT2D eigenvalue weighted by molar-refractivity contribution is -0.154. The fraction of sp³-hybridized carbons (Fsp3) is 0.846. The molecule has 2 fully saturated rings. The maximum Gasteiger partial charge on any atom is 0.245 e. The van der Waals surface area contributed by atoms with E-state index in [0.29, 0.717) is 6.54 Å². The molecule has 0 aromatic heterocycles. The highest BCUT2D eigenvalue weighted by Crippen LogP contribution is 2.31. The summed E-state index contributed by atoms with van der Waals surface area (Å²) < 4.78 is 5.90. The van der Waals surface area contributed by atoms with Crippen molar-refractivity contribution in [1.82, 2.24) is 10.2 Å². The molecule has 0 aromatic carbocycles. The Morgan fingerprint density at radius 3 is 2.56 bits per heavy atom. The fourth-order valence-electron chi connectivity index (χ4n) is 2.64. The van der Waals surface area contributed by atoms with E-state index >= 15 is 0 Å². The first-order chi connectivity index (χ1) is 8.22. The predicted octanol–water partition coefficient (Wildman–Crippen LogP) is 0.681. The van der Waals surface area contributed by atoms with E-state index in [1.165, 1.54) is 0 Å². The fourth-order valence-corrected chi connectivity index (χ4v) is 2.64. The number of amides is 2. The maximum absolute atomic E-state index is 12.0. The predicted molar refractivity (Wildman–Crippen MR) is 67.0 cm³/mol. The van der Waals surface area contributed by atoms with Crippen molar-refractivity contribution in [2.24, 2.45) is 0 Å². The lowest BCUT2D eigenvalue weighted by Crippen LogP contribution is -2.65. The molecule has 2 saturated heterocycles. The highest BCUT2D eigenvalue weighted by atomic mass is 16.5. The van der Waals surface area contributed by atoms with Crippen LogP contribution in [0.5, 0.6) is 0 Å². The van der Waals surface area contributed by atoms with Crippen molar-refractivity contribution in [3.8, 4) is 0 Å². The van der Waals surface area contributed by atoms with Crippen LogP contribution in [0.3, 0.4) is 0 Å². The molecular weight excluding hydrogens is 232 g/mol. The first kappa shape index (κ1) is 13.3. The third-order valence-electron chi connectivity index (χ3n) is 3.87. The van der Waals surface area contributed by atoms with E-state index in [1.807, 2.05) is 0 Å². The molecule has 18 heavy (non-hydrogen) atoms. The van der Waals surface area contributed by atoms with Crippen LogP contribution in [0.2, 0.25) is 0 Å². The zero-order valence-corrected chi connectivity index (χ0v) is 11.6. The van der Waals surface area contributed by atoms with Gasteiger partial charge >= 0.3 is 0 Å². The standard InChI is InChI=1S/C13H22N2O3/c1-12(2)6-5-9(18-12)8-15-10(16)7-14-11(17)13(15,3)4/h9H,5-8H2,1-4H3,(H,14,17). The highest BCUT2D eigenvalue weighted by molar-refractivity contribution is 5.97. The van der Waals surface area contributed by atoms with Crippen molar-refractivity contribution < 1.29 is 14.3 Å². The molecule has 0 aromatic rings. The van der Waals surface area contributed by atoms with E-state index in [1.54, 1.807) is 18.7 Å². The first-order valence-corrected chi connectivity index (χ1v) is 6.49. The van der Waals surface area contributed by atoms with Gasteiger partial charge in [-0.1, -0.05) is 0 Å². The van der Waals surface area contributed by atoms with Crippen LogP contribution < -0.4 is 5.32 Å². The van der Waals surface area contributed by atoms with Gasteiger partial charge in [-0.05, 0) is 40.5 Å². The van der Waals surface area contributed by atoms with Crippen LogP contribution in [0.1, 0.15) is 40.5 Å². The van der Waals surface area contributed by atoms with Gasteiger partial charge in [0.1, 0.15) is 5.54 Å². The first-order valence-electron chi connectivity index (χ1n) is 6.49. The molecule has 102 valence electrons. The molecule has 2 aliphatic heterocycles. The van der Waals surface area contributed by atoms with Crippen LogP contribution in [0.4, 0.5) is 0 Å². The maximum atomic E-state index is 12.0. The number of carbonyl (C=O) groups is 2. The second-order valence-electron chi connectivity index (χ2n) is 6.28. The van der Waals surface area contributed by atoms with Gasteiger partial charge in [-0.15, -0.1) is 0 Å². The van der Waals surface area contributed by atoms with E-state index < -0.39 is 5.54 Å². The molecule has 2 rings (SSSR count). The van der Waals surface area contributed by atoms with Crippen LogP contribution in [-0.2, 0) is 14.3 Å². The number of nitrogens with zero attached hydrogens (tertiary/aromatic N) is 1. The van der Waals surface area contributed by atoms with Crippen molar-refractivity contribution in [2.45, 2.75) is 57.8 Å². The van der Waals surface area contributed by atoms with Crippen LogP contribution in [0.25, 0.3) is 0 Å². The zero-order chi connectivity index (χ0) is 13.6. The number of carbonyl (C=O) groups excluding carboxylic acids is 2. The van der Waals surface area contributed by atoms with Crippen LogP contribution >= 0.6 is 0 Å². The van der Waals surface area contributed by atoms with Crippen molar-refractivity contribution in [1.29, 1.82) is 0 Å². The van der Waals surface area contributed by atoms with Crippen molar-refractivity contribution in [3.63, 3.8) is 0 Å². The van der Waals surface area contributed by atoms with E-state index in [2.05, 4.69) is 19.2 Å². The lowest BCUT2D eigenvalue weighted by atomic mass is 9.97. The van der Waals surface area contributed by atoms with Gasteiger partial charge in [-0.25, -0.2) is 0 Å². The molecule has 2 heterocycles. The topological polar surface area (TPSA) is 58.6 Å². The minimum absolute atomic E-state index is 0.0343. The molecule has 5 nitrogen and oxygen atoms in total. The number of rotatable bonds is 2. The minimum Gasteiger partial charge on any atom is -0.371 e. The normalized spacial score (nSPS) is 30.4. The summed E-state index contributed by atoms with van der Waals surface area (Å²) in [6.07, 6.45) is 1.97. The summed E-state index contributed by atoms with van der Waals surface area (Å²) in [6, 6.07) is 0. The molecule has 1 atom stereocenters. The van der Waals surface area contributed by atoms with Gasteiger partial charge in [0.15, 0.2) is 0 Å². The molecule has 5 heteroatoms. The summed E-state index contributed by atoms with van der Waals surface area (Å²) in [5.74, 6) is -0.132. The van der Waals surface area contributed by atoms with Crippen LogP contribution in [-0.4, -0.2) is 47.0 Å². The number of hydrogen-bond donors (Lipinski definition) is 1. The summed E-state index contributed by atoms with van der Waals surface area (Å²) >= 11 is 0. The van der Waals surface area contributed by atoms with Gasteiger partial charge < -0.3 is 15.0 Å². The summed E-state index contributed by atoms with van der Waals surface area (Å²) in [4.78, 5) is 25.4. The number of nitrogens with one attached hydrogen (secondary N) is 1.